The topological polar surface area (TPSA) is 35.5 Å². The second-order valence-corrected chi connectivity index (χ2v) is 2.18. The Morgan fingerprint density at radius 3 is 2.80 bits per heavy atom. The number of alkyl halides is 1. The van der Waals surface area contributed by atoms with Crippen LogP contribution in [0.5, 0.6) is 0 Å². The van der Waals surface area contributed by atoms with E-state index in [2.05, 4.69) is 4.74 Å². The molecule has 2 unspecified atom stereocenters. The van der Waals surface area contributed by atoms with E-state index in [1.807, 2.05) is 0 Å². The van der Waals surface area contributed by atoms with Gasteiger partial charge in [0.05, 0.1) is 20.3 Å². The molecule has 0 bridgehead atoms. The molecule has 10 heavy (non-hydrogen) atoms. The molecule has 0 aromatic rings. The van der Waals surface area contributed by atoms with Gasteiger partial charge in [0.25, 0.3) is 0 Å². The molecule has 1 saturated heterocycles. The quantitative estimate of drug-likeness (QED) is 0.496. The highest BCUT2D eigenvalue weighted by molar-refractivity contribution is 5.73. The van der Waals surface area contributed by atoms with Crippen molar-refractivity contribution in [3.63, 3.8) is 0 Å². The van der Waals surface area contributed by atoms with E-state index in [1.54, 1.807) is 0 Å². The summed E-state index contributed by atoms with van der Waals surface area (Å²) in [6.45, 7) is 0.160. The minimum absolute atomic E-state index is 0.0137. The predicted octanol–water partition coefficient (Wildman–Crippen LogP) is 0.144. The predicted molar refractivity (Wildman–Crippen MR) is 31.2 cm³/mol. The fourth-order valence-electron chi connectivity index (χ4n) is 0.895. The molecule has 0 aliphatic carbocycles. The molecule has 1 aliphatic heterocycles. The minimum atomic E-state index is -1.19. The summed E-state index contributed by atoms with van der Waals surface area (Å²) in [5, 5.41) is 0. The Morgan fingerprint density at radius 2 is 2.40 bits per heavy atom. The highest BCUT2D eigenvalue weighted by Gasteiger charge is 2.34. The van der Waals surface area contributed by atoms with Crippen LogP contribution in [-0.4, -0.2) is 32.5 Å². The van der Waals surface area contributed by atoms with E-state index in [0.717, 1.165) is 0 Å². The summed E-state index contributed by atoms with van der Waals surface area (Å²) in [4.78, 5) is 10.7. The number of hydrogen-bond acceptors (Lipinski definition) is 3. The molecule has 0 N–H and O–H groups in total. The molecular weight excluding hydrogens is 139 g/mol. The van der Waals surface area contributed by atoms with Crippen LogP contribution >= 0.6 is 0 Å². The zero-order valence-corrected chi connectivity index (χ0v) is 5.67. The van der Waals surface area contributed by atoms with Crippen molar-refractivity contribution in [2.75, 3.05) is 20.3 Å². The summed E-state index contributed by atoms with van der Waals surface area (Å²) < 4.78 is 21.7. The third-order valence-corrected chi connectivity index (χ3v) is 1.52. The molecule has 0 aromatic carbocycles. The van der Waals surface area contributed by atoms with Crippen molar-refractivity contribution >= 4 is 5.97 Å². The second-order valence-electron chi connectivity index (χ2n) is 2.18. The molecule has 1 rings (SSSR count). The fourth-order valence-corrected chi connectivity index (χ4v) is 0.895. The first-order valence-electron chi connectivity index (χ1n) is 3.05. The SMILES string of the molecule is COC(=O)C1COCC1F. The maximum atomic E-state index is 12.6. The maximum Gasteiger partial charge on any atom is 0.314 e. The van der Waals surface area contributed by atoms with Crippen LogP contribution in [0.15, 0.2) is 0 Å². The van der Waals surface area contributed by atoms with Crippen molar-refractivity contribution in [2.24, 2.45) is 5.92 Å². The zero-order chi connectivity index (χ0) is 7.56. The Morgan fingerprint density at radius 1 is 1.70 bits per heavy atom. The molecule has 3 nitrogen and oxygen atoms in total. The summed E-state index contributed by atoms with van der Waals surface area (Å²) in [5.41, 5.74) is 0. The lowest BCUT2D eigenvalue weighted by atomic mass is 10.1. The number of methoxy groups -OCH3 is 1. The van der Waals surface area contributed by atoms with Crippen LogP contribution in [0.4, 0.5) is 4.39 Å². The molecule has 0 aromatic heterocycles. The number of carbonyl (C=O) groups excluding carboxylic acids is 1. The van der Waals surface area contributed by atoms with Crippen LogP contribution in [0.2, 0.25) is 0 Å². The third kappa shape index (κ3) is 1.26. The summed E-state index contributed by atoms with van der Waals surface area (Å²) in [6, 6.07) is 0. The van der Waals surface area contributed by atoms with Gasteiger partial charge in [-0.05, 0) is 0 Å². The highest BCUT2D eigenvalue weighted by Crippen LogP contribution is 2.17. The molecule has 0 radical (unpaired) electrons. The minimum Gasteiger partial charge on any atom is -0.469 e. The summed E-state index contributed by atoms with van der Waals surface area (Å²) in [7, 11) is 1.24. The first-order valence-corrected chi connectivity index (χ1v) is 3.05. The van der Waals surface area contributed by atoms with E-state index < -0.39 is 18.1 Å². The number of halogens is 1. The molecule has 0 spiro atoms. The van der Waals surface area contributed by atoms with E-state index in [1.165, 1.54) is 7.11 Å². The smallest absolute Gasteiger partial charge is 0.314 e. The first kappa shape index (κ1) is 7.47. The fraction of sp³-hybridized carbons (Fsp3) is 0.833. The van der Waals surface area contributed by atoms with Crippen molar-refractivity contribution in [1.82, 2.24) is 0 Å². The maximum absolute atomic E-state index is 12.6. The summed E-state index contributed by atoms with van der Waals surface area (Å²) in [6.07, 6.45) is -1.19. The van der Waals surface area contributed by atoms with E-state index in [0.29, 0.717) is 0 Å². The van der Waals surface area contributed by atoms with Gasteiger partial charge in [-0.2, -0.15) is 0 Å². The summed E-state index contributed by atoms with van der Waals surface area (Å²) in [5.74, 6) is -1.23. The van der Waals surface area contributed by atoms with Gasteiger partial charge in [0.1, 0.15) is 12.1 Å². The lowest BCUT2D eigenvalue weighted by Gasteiger charge is -2.05. The van der Waals surface area contributed by atoms with Crippen LogP contribution in [0.3, 0.4) is 0 Å². The second kappa shape index (κ2) is 2.96. The normalized spacial score (nSPS) is 32.2. The van der Waals surface area contributed by atoms with Gasteiger partial charge in [-0.1, -0.05) is 0 Å². The van der Waals surface area contributed by atoms with Gasteiger partial charge >= 0.3 is 5.97 Å². The lowest BCUT2D eigenvalue weighted by Crippen LogP contribution is -2.24. The van der Waals surface area contributed by atoms with Crippen molar-refractivity contribution in [3.8, 4) is 0 Å². The van der Waals surface area contributed by atoms with Crippen LogP contribution in [0.25, 0.3) is 0 Å². The van der Waals surface area contributed by atoms with Crippen LogP contribution in [-0.2, 0) is 14.3 Å². The molecule has 1 fully saturated rings. The molecule has 1 heterocycles. The van der Waals surface area contributed by atoms with Gasteiger partial charge in [0, 0.05) is 0 Å². The van der Waals surface area contributed by atoms with Crippen molar-refractivity contribution in [2.45, 2.75) is 6.17 Å². The van der Waals surface area contributed by atoms with E-state index >= 15 is 0 Å². The number of hydrogen-bond donors (Lipinski definition) is 0. The molecule has 58 valence electrons. The average Bonchev–Trinajstić information content (AvgIpc) is 2.34. The number of ether oxygens (including phenoxy) is 2. The Kier molecular flexibility index (Phi) is 2.21. The monoisotopic (exact) mass is 148 g/mol. The molecular formula is C6H9FO3. The lowest BCUT2D eigenvalue weighted by molar-refractivity contribution is -0.146. The van der Waals surface area contributed by atoms with Gasteiger partial charge < -0.3 is 9.47 Å². The Hall–Kier alpha value is -0.640. The molecule has 0 saturated carbocycles. The van der Waals surface area contributed by atoms with E-state index in [9.17, 15) is 9.18 Å². The van der Waals surface area contributed by atoms with Gasteiger partial charge in [0.2, 0.25) is 0 Å². The zero-order valence-electron chi connectivity index (χ0n) is 5.67. The van der Waals surface area contributed by atoms with Crippen molar-refractivity contribution in [3.05, 3.63) is 0 Å². The van der Waals surface area contributed by atoms with Gasteiger partial charge in [-0.15, -0.1) is 0 Å². The Bertz CT molecular complexity index is 137. The molecule has 4 heteroatoms. The largest absolute Gasteiger partial charge is 0.469 e. The van der Waals surface area contributed by atoms with Crippen LogP contribution in [0.1, 0.15) is 0 Å². The number of esters is 1. The van der Waals surface area contributed by atoms with Crippen LogP contribution in [0, 0.1) is 5.92 Å². The van der Waals surface area contributed by atoms with E-state index in [-0.39, 0.29) is 13.2 Å². The molecule has 2 atom stereocenters. The molecule has 1 aliphatic rings. The highest BCUT2D eigenvalue weighted by atomic mass is 19.1. The van der Waals surface area contributed by atoms with Crippen molar-refractivity contribution in [1.29, 1.82) is 0 Å². The first-order chi connectivity index (χ1) is 4.75. The standard InChI is InChI=1S/C6H9FO3/c1-9-6(8)4-2-10-3-5(4)7/h4-5H,2-3H2,1H3. The van der Waals surface area contributed by atoms with Gasteiger partial charge in [-0.3, -0.25) is 4.79 Å². The van der Waals surface area contributed by atoms with Crippen LogP contribution < -0.4 is 0 Å². The van der Waals surface area contributed by atoms with Gasteiger partial charge in [0.15, 0.2) is 0 Å². The average molecular weight is 148 g/mol. The third-order valence-electron chi connectivity index (χ3n) is 1.52. The Balaban J connectivity index is 2.46. The molecule has 0 amide bonds. The van der Waals surface area contributed by atoms with Crippen molar-refractivity contribution < 1.29 is 18.7 Å². The van der Waals surface area contributed by atoms with Gasteiger partial charge in [-0.25, -0.2) is 4.39 Å². The number of rotatable bonds is 1. The Labute approximate surface area is 58.1 Å². The van der Waals surface area contributed by atoms with E-state index in [4.69, 9.17) is 4.74 Å². The number of carbonyl (C=O) groups is 1. The summed E-state index contributed by atoms with van der Waals surface area (Å²) >= 11 is 0.